The number of amides is 1. The zero-order chi connectivity index (χ0) is 26.1. The van der Waals surface area contributed by atoms with Crippen LogP contribution in [0.4, 0.5) is 0 Å². The van der Waals surface area contributed by atoms with Crippen molar-refractivity contribution in [2.24, 2.45) is 0 Å². The number of nitrogens with one attached hydrogen (secondary N) is 1. The number of aromatic hydroxyl groups is 1. The van der Waals surface area contributed by atoms with Crippen molar-refractivity contribution in [3.63, 3.8) is 0 Å². The quantitative estimate of drug-likeness (QED) is 0.455. The Hall–Kier alpha value is -3.14. The van der Waals surface area contributed by atoms with Gasteiger partial charge in [-0.1, -0.05) is 31.5 Å². The first-order valence-electron chi connectivity index (χ1n) is 12.6. The number of phenolic OH excluding ortho intramolecular Hbond substituents is 1. The standard InChI is InChI=1S/C27H32ClN5O4/c1-16(2)19-13-20(23(34)14-24(19)36-3)25-30-31-26(27(35)29-18-5-6-18)33(25)22-7-4-17(12-21(22)28)15-32-8-10-37-11-9-32/h4,7,12-14,16,18,34H,5-6,8-11,15H2,1-3H3,(H,29,35). The average molecular weight is 526 g/mol. The maximum atomic E-state index is 13.2. The molecule has 9 nitrogen and oxygen atoms in total. The van der Waals surface area contributed by atoms with E-state index >= 15 is 0 Å². The number of hydrogen-bond acceptors (Lipinski definition) is 7. The number of ether oxygens (including phenoxy) is 2. The molecule has 5 rings (SSSR count). The molecule has 37 heavy (non-hydrogen) atoms. The minimum atomic E-state index is -0.327. The smallest absolute Gasteiger partial charge is 0.289 e. The highest BCUT2D eigenvalue weighted by molar-refractivity contribution is 6.32. The van der Waals surface area contributed by atoms with Gasteiger partial charge in [0.1, 0.15) is 11.5 Å². The van der Waals surface area contributed by atoms with Gasteiger partial charge in [0.05, 0.1) is 36.6 Å². The normalized spacial score (nSPS) is 16.2. The summed E-state index contributed by atoms with van der Waals surface area (Å²) in [6.07, 6.45) is 1.89. The number of halogens is 1. The number of carbonyl (C=O) groups excluding carboxylic acids is 1. The third-order valence-electron chi connectivity index (χ3n) is 6.75. The van der Waals surface area contributed by atoms with E-state index in [-0.39, 0.29) is 29.4 Å². The Morgan fingerprint density at radius 2 is 1.97 bits per heavy atom. The van der Waals surface area contributed by atoms with Gasteiger partial charge in [-0.2, -0.15) is 0 Å². The molecular weight excluding hydrogens is 494 g/mol. The molecule has 0 spiro atoms. The summed E-state index contributed by atoms with van der Waals surface area (Å²) in [6.45, 7) is 8.03. The number of phenols is 1. The lowest BCUT2D eigenvalue weighted by Crippen LogP contribution is -2.35. The minimum Gasteiger partial charge on any atom is -0.507 e. The van der Waals surface area contributed by atoms with Crippen molar-refractivity contribution in [2.75, 3.05) is 33.4 Å². The van der Waals surface area contributed by atoms with Crippen molar-refractivity contribution in [3.8, 4) is 28.6 Å². The lowest BCUT2D eigenvalue weighted by Gasteiger charge is -2.26. The summed E-state index contributed by atoms with van der Waals surface area (Å²) in [7, 11) is 1.57. The number of benzene rings is 2. The molecule has 2 fully saturated rings. The first-order valence-corrected chi connectivity index (χ1v) is 13.0. The molecule has 0 bridgehead atoms. The molecule has 0 unspecified atom stereocenters. The molecule has 2 heterocycles. The van der Waals surface area contributed by atoms with Crippen LogP contribution in [0.5, 0.6) is 11.5 Å². The first kappa shape index (κ1) is 25.5. The zero-order valence-electron chi connectivity index (χ0n) is 21.3. The van der Waals surface area contributed by atoms with Crippen molar-refractivity contribution < 1.29 is 19.4 Å². The fourth-order valence-electron chi connectivity index (χ4n) is 4.55. The van der Waals surface area contributed by atoms with Crippen molar-refractivity contribution in [1.29, 1.82) is 0 Å². The van der Waals surface area contributed by atoms with Crippen LogP contribution in [0.2, 0.25) is 5.02 Å². The van der Waals surface area contributed by atoms with Crippen molar-refractivity contribution in [3.05, 3.63) is 52.3 Å². The lowest BCUT2D eigenvalue weighted by molar-refractivity contribution is 0.0342. The maximum Gasteiger partial charge on any atom is 0.289 e. The number of nitrogens with zero attached hydrogens (tertiary/aromatic N) is 4. The molecule has 2 N–H and O–H groups in total. The Labute approximate surface area is 221 Å². The Morgan fingerprint density at radius 3 is 2.62 bits per heavy atom. The molecule has 10 heteroatoms. The van der Waals surface area contributed by atoms with Gasteiger partial charge in [-0.15, -0.1) is 10.2 Å². The first-order chi connectivity index (χ1) is 17.9. The van der Waals surface area contributed by atoms with Crippen LogP contribution in [-0.2, 0) is 11.3 Å². The number of morpholine rings is 1. The summed E-state index contributed by atoms with van der Waals surface area (Å²) in [6, 6.07) is 9.34. The number of hydrogen-bond donors (Lipinski definition) is 2. The molecule has 2 aliphatic rings. The largest absolute Gasteiger partial charge is 0.507 e. The molecule has 1 aromatic heterocycles. The predicted molar refractivity (Wildman–Crippen MR) is 141 cm³/mol. The summed E-state index contributed by atoms with van der Waals surface area (Å²) >= 11 is 6.83. The van der Waals surface area contributed by atoms with Crippen LogP contribution in [0.25, 0.3) is 17.1 Å². The average Bonchev–Trinajstić information content (AvgIpc) is 3.59. The lowest BCUT2D eigenvalue weighted by atomic mass is 9.98. The van der Waals surface area contributed by atoms with Crippen LogP contribution in [0.1, 0.15) is 54.4 Å². The van der Waals surface area contributed by atoms with Crippen LogP contribution < -0.4 is 10.1 Å². The van der Waals surface area contributed by atoms with Crippen molar-refractivity contribution in [1.82, 2.24) is 25.0 Å². The highest BCUT2D eigenvalue weighted by Gasteiger charge is 2.30. The highest BCUT2D eigenvalue weighted by Crippen LogP contribution is 2.39. The monoisotopic (exact) mass is 525 g/mol. The van der Waals surface area contributed by atoms with Crippen LogP contribution >= 0.6 is 11.6 Å². The minimum absolute atomic E-state index is 0.0240. The topological polar surface area (TPSA) is 102 Å². The second kappa shape index (κ2) is 10.7. The molecular formula is C27H32ClN5O4. The van der Waals surface area contributed by atoms with Crippen LogP contribution in [0.15, 0.2) is 30.3 Å². The second-order valence-electron chi connectivity index (χ2n) is 9.87. The summed E-state index contributed by atoms with van der Waals surface area (Å²) < 4.78 is 12.6. The molecule has 0 atom stereocenters. The Kier molecular flexibility index (Phi) is 7.37. The van der Waals surface area contributed by atoms with Crippen LogP contribution in [-0.4, -0.2) is 70.1 Å². The van der Waals surface area contributed by atoms with Gasteiger partial charge >= 0.3 is 0 Å². The van der Waals surface area contributed by atoms with E-state index in [9.17, 15) is 9.90 Å². The molecule has 1 amide bonds. The van der Waals surface area contributed by atoms with Gasteiger partial charge in [0.2, 0.25) is 5.82 Å². The number of carbonyl (C=O) groups is 1. The van der Waals surface area contributed by atoms with E-state index in [2.05, 4.69) is 20.4 Å². The van der Waals surface area contributed by atoms with E-state index in [1.54, 1.807) is 17.7 Å². The van der Waals surface area contributed by atoms with Crippen LogP contribution in [0.3, 0.4) is 0 Å². The molecule has 3 aromatic rings. The fraction of sp³-hybridized carbons (Fsp3) is 0.444. The SMILES string of the molecule is COc1cc(O)c(-c2nnc(C(=O)NC3CC3)n2-c2ccc(CN3CCOCC3)cc2Cl)cc1C(C)C. The summed E-state index contributed by atoms with van der Waals surface area (Å²) in [5.41, 5.74) is 2.97. The van der Waals surface area contributed by atoms with E-state index < -0.39 is 0 Å². The van der Waals surface area contributed by atoms with Gasteiger partial charge < -0.3 is 19.9 Å². The molecule has 0 radical (unpaired) electrons. The summed E-state index contributed by atoms with van der Waals surface area (Å²) in [4.78, 5) is 15.5. The molecule has 1 aliphatic heterocycles. The van der Waals surface area contributed by atoms with Gasteiger partial charge in [0.25, 0.3) is 5.91 Å². The van der Waals surface area contributed by atoms with Crippen molar-refractivity contribution in [2.45, 2.75) is 45.2 Å². The maximum absolute atomic E-state index is 13.2. The van der Waals surface area contributed by atoms with E-state index in [1.165, 1.54) is 0 Å². The number of rotatable bonds is 8. The summed E-state index contributed by atoms with van der Waals surface area (Å²) in [5.74, 6) is 0.804. The van der Waals surface area contributed by atoms with E-state index in [0.717, 1.165) is 56.8 Å². The fourth-order valence-corrected chi connectivity index (χ4v) is 4.84. The predicted octanol–water partition coefficient (Wildman–Crippen LogP) is 4.15. The van der Waals surface area contributed by atoms with Crippen LogP contribution in [0, 0.1) is 0 Å². The van der Waals surface area contributed by atoms with E-state index in [4.69, 9.17) is 21.1 Å². The third-order valence-corrected chi connectivity index (χ3v) is 7.06. The molecule has 2 aromatic carbocycles. The molecule has 1 aliphatic carbocycles. The highest BCUT2D eigenvalue weighted by atomic mass is 35.5. The number of methoxy groups -OCH3 is 1. The van der Waals surface area contributed by atoms with Gasteiger partial charge in [-0.25, -0.2) is 0 Å². The van der Waals surface area contributed by atoms with E-state index in [1.807, 2.05) is 38.1 Å². The molecule has 1 saturated carbocycles. The van der Waals surface area contributed by atoms with Crippen molar-refractivity contribution >= 4 is 17.5 Å². The second-order valence-corrected chi connectivity index (χ2v) is 10.3. The Balaban J connectivity index is 1.59. The zero-order valence-corrected chi connectivity index (χ0v) is 22.1. The van der Waals surface area contributed by atoms with Gasteiger partial charge in [-0.3, -0.25) is 14.3 Å². The van der Waals surface area contributed by atoms with E-state index in [0.29, 0.717) is 27.8 Å². The Bertz CT molecular complexity index is 1300. The van der Waals surface area contributed by atoms with Gasteiger partial charge in [-0.05, 0) is 48.1 Å². The Morgan fingerprint density at radius 1 is 1.22 bits per heavy atom. The molecule has 1 saturated heterocycles. The summed E-state index contributed by atoms with van der Waals surface area (Å²) in [5, 5.41) is 23.0. The molecule has 196 valence electrons. The number of aromatic nitrogens is 3. The van der Waals surface area contributed by atoms with Gasteiger partial charge in [0, 0.05) is 31.7 Å². The van der Waals surface area contributed by atoms with Gasteiger partial charge in [0.15, 0.2) is 5.82 Å². The third kappa shape index (κ3) is 5.44.